The fourth-order valence-electron chi connectivity index (χ4n) is 1.75. The summed E-state index contributed by atoms with van der Waals surface area (Å²) in [7, 11) is 1.35. The summed E-state index contributed by atoms with van der Waals surface area (Å²) in [5.74, 6) is 0.310. The molecular weight excluding hydrogens is 242 g/mol. The Morgan fingerprint density at radius 3 is 2.37 bits per heavy atom. The molecule has 0 fully saturated rings. The SMILES string of the molecule is CCCCN(CCCC)c1cncc(C(=O)OC)n1. The van der Waals surface area contributed by atoms with Gasteiger partial charge in [0.15, 0.2) is 5.69 Å². The fraction of sp³-hybridized carbons (Fsp3) is 0.643. The second-order valence-corrected chi connectivity index (χ2v) is 4.45. The molecule has 0 amide bonds. The van der Waals surface area contributed by atoms with Crippen molar-refractivity contribution >= 4 is 11.8 Å². The number of aromatic nitrogens is 2. The molecule has 5 heteroatoms. The lowest BCUT2D eigenvalue weighted by molar-refractivity contribution is 0.0593. The Kier molecular flexibility index (Phi) is 6.85. The monoisotopic (exact) mass is 265 g/mol. The maximum Gasteiger partial charge on any atom is 0.358 e. The number of hydrogen-bond donors (Lipinski definition) is 0. The zero-order valence-corrected chi connectivity index (χ0v) is 12.1. The Labute approximate surface area is 115 Å². The molecule has 0 saturated heterocycles. The van der Waals surface area contributed by atoms with Gasteiger partial charge >= 0.3 is 5.97 Å². The van der Waals surface area contributed by atoms with E-state index in [9.17, 15) is 4.79 Å². The van der Waals surface area contributed by atoms with Gasteiger partial charge in [-0.2, -0.15) is 0 Å². The van der Waals surface area contributed by atoms with Crippen LogP contribution in [0.15, 0.2) is 12.4 Å². The molecule has 0 aliphatic heterocycles. The summed E-state index contributed by atoms with van der Waals surface area (Å²) >= 11 is 0. The summed E-state index contributed by atoms with van der Waals surface area (Å²) in [6.45, 7) is 6.20. The van der Waals surface area contributed by atoms with E-state index in [1.165, 1.54) is 13.3 Å². The molecule has 0 radical (unpaired) electrons. The molecule has 5 nitrogen and oxygen atoms in total. The Hall–Kier alpha value is -1.65. The fourth-order valence-corrected chi connectivity index (χ4v) is 1.75. The molecule has 0 bridgehead atoms. The molecule has 0 spiro atoms. The van der Waals surface area contributed by atoms with Gasteiger partial charge in [0.25, 0.3) is 0 Å². The molecule has 0 aromatic carbocycles. The van der Waals surface area contributed by atoms with Crippen LogP contribution < -0.4 is 4.90 Å². The van der Waals surface area contributed by atoms with Gasteiger partial charge < -0.3 is 9.64 Å². The number of esters is 1. The maximum absolute atomic E-state index is 11.5. The lowest BCUT2D eigenvalue weighted by atomic mass is 10.2. The van der Waals surface area contributed by atoms with Crippen LogP contribution in [0.4, 0.5) is 5.82 Å². The van der Waals surface area contributed by atoms with Gasteiger partial charge in [0.1, 0.15) is 5.82 Å². The lowest BCUT2D eigenvalue weighted by Crippen LogP contribution is -2.27. The van der Waals surface area contributed by atoms with E-state index in [2.05, 4.69) is 33.5 Å². The number of carbonyl (C=O) groups is 1. The highest BCUT2D eigenvalue weighted by molar-refractivity contribution is 5.87. The zero-order valence-electron chi connectivity index (χ0n) is 12.1. The molecule has 0 aliphatic carbocycles. The lowest BCUT2D eigenvalue weighted by Gasteiger charge is -2.23. The Morgan fingerprint density at radius 1 is 1.21 bits per heavy atom. The van der Waals surface area contributed by atoms with E-state index < -0.39 is 5.97 Å². The Balaban J connectivity index is 2.84. The van der Waals surface area contributed by atoms with E-state index in [-0.39, 0.29) is 5.69 Å². The van der Waals surface area contributed by atoms with Gasteiger partial charge in [0, 0.05) is 13.1 Å². The smallest absolute Gasteiger partial charge is 0.358 e. The van der Waals surface area contributed by atoms with E-state index in [1.54, 1.807) is 6.20 Å². The number of unbranched alkanes of at least 4 members (excludes halogenated alkanes) is 2. The molecule has 0 unspecified atom stereocenters. The first-order chi connectivity index (χ1) is 9.22. The van der Waals surface area contributed by atoms with Crippen LogP contribution in [-0.4, -0.2) is 36.1 Å². The summed E-state index contributed by atoms with van der Waals surface area (Å²) < 4.78 is 4.67. The third-order valence-corrected chi connectivity index (χ3v) is 2.90. The molecule has 0 N–H and O–H groups in total. The van der Waals surface area contributed by atoms with E-state index in [0.29, 0.717) is 0 Å². The van der Waals surface area contributed by atoms with Crippen LogP contribution in [0.1, 0.15) is 50.0 Å². The van der Waals surface area contributed by atoms with Crippen LogP contribution in [0.25, 0.3) is 0 Å². The molecule has 1 aromatic heterocycles. The molecule has 0 aliphatic rings. The van der Waals surface area contributed by atoms with Gasteiger partial charge in [0.05, 0.1) is 19.5 Å². The van der Waals surface area contributed by atoms with Gasteiger partial charge in [-0.05, 0) is 12.8 Å². The van der Waals surface area contributed by atoms with Crippen molar-refractivity contribution in [3.8, 4) is 0 Å². The van der Waals surface area contributed by atoms with Gasteiger partial charge in [-0.15, -0.1) is 0 Å². The minimum atomic E-state index is -0.444. The second kappa shape index (κ2) is 8.45. The highest BCUT2D eigenvalue weighted by atomic mass is 16.5. The van der Waals surface area contributed by atoms with Crippen LogP contribution >= 0.6 is 0 Å². The molecule has 1 aromatic rings. The van der Waals surface area contributed by atoms with Crippen molar-refractivity contribution in [3.05, 3.63) is 18.1 Å². The van der Waals surface area contributed by atoms with Gasteiger partial charge in [0.2, 0.25) is 0 Å². The third kappa shape index (κ3) is 4.85. The van der Waals surface area contributed by atoms with Crippen LogP contribution in [-0.2, 0) is 4.74 Å². The Morgan fingerprint density at radius 2 is 1.84 bits per heavy atom. The summed E-state index contributed by atoms with van der Waals surface area (Å²) in [5, 5.41) is 0. The predicted octanol–water partition coefficient (Wildman–Crippen LogP) is 2.67. The normalized spacial score (nSPS) is 10.3. The summed E-state index contributed by atoms with van der Waals surface area (Å²) in [5.41, 5.74) is 0.262. The molecule has 19 heavy (non-hydrogen) atoms. The van der Waals surface area contributed by atoms with Crippen LogP contribution in [0.3, 0.4) is 0 Å². The molecule has 1 heterocycles. The van der Waals surface area contributed by atoms with Crippen molar-refractivity contribution in [1.82, 2.24) is 9.97 Å². The highest BCUT2D eigenvalue weighted by Gasteiger charge is 2.12. The van der Waals surface area contributed by atoms with Gasteiger partial charge in [-0.3, -0.25) is 4.98 Å². The molecule has 1 rings (SSSR count). The van der Waals surface area contributed by atoms with Gasteiger partial charge in [-0.1, -0.05) is 26.7 Å². The van der Waals surface area contributed by atoms with Crippen LogP contribution in [0, 0.1) is 0 Å². The van der Waals surface area contributed by atoms with Gasteiger partial charge in [-0.25, -0.2) is 9.78 Å². The predicted molar refractivity (Wildman–Crippen MR) is 75.4 cm³/mol. The number of carbonyl (C=O) groups excluding carboxylic acids is 1. The van der Waals surface area contributed by atoms with E-state index in [1.807, 2.05) is 0 Å². The van der Waals surface area contributed by atoms with Crippen molar-refractivity contribution < 1.29 is 9.53 Å². The first-order valence-corrected chi connectivity index (χ1v) is 6.88. The minimum Gasteiger partial charge on any atom is -0.464 e. The van der Waals surface area contributed by atoms with Crippen molar-refractivity contribution in [2.24, 2.45) is 0 Å². The minimum absolute atomic E-state index is 0.262. The van der Waals surface area contributed by atoms with Crippen LogP contribution in [0.5, 0.6) is 0 Å². The highest BCUT2D eigenvalue weighted by Crippen LogP contribution is 2.12. The standard InChI is InChI=1S/C14H23N3O2/c1-4-6-8-17(9-7-5-2)13-11-15-10-12(16-13)14(18)19-3/h10-11H,4-9H2,1-3H3. The van der Waals surface area contributed by atoms with E-state index in [0.717, 1.165) is 44.6 Å². The number of nitrogens with zero attached hydrogens (tertiary/aromatic N) is 3. The molecule has 0 atom stereocenters. The molecular formula is C14H23N3O2. The Bertz CT molecular complexity index is 388. The molecule has 106 valence electrons. The van der Waals surface area contributed by atoms with Crippen LogP contribution in [0.2, 0.25) is 0 Å². The van der Waals surface area contributed by atoms with Crippen molar-refractivity contribution in [2.75, 3.05) is 25.1 Å². The zero-order chi connectivity index (χ0) is 14.1. The summed E-state index contributed by atoms with van der Waals surface area (Å²) in [6, 6.07) is 0. The average Bonchev–Trinajstić information content (AvgIpc) is 2.46. The number of rotatable bonds is 8. The first-order valence-electron chi connectivity index (χ1n) is 6.88. The van der Waals surface area contributed by atoms with E-state index in [4.69, 9.17) is 0 Å². The largest absolute Gasteiger partial charge is 0.464 e. The maximum atomic E-state index is 11.5. The molecule has 0 saturated carbocycles. The number of ether oxygens (including phenoxy) is 1. The van der Waals surface area contributed by atoms with E-state index >= 15 is 0 Å². The number of anilines is 1. The second-order valence-electron chi connectivity index (χ2n) is 4.45. The van der Waals surface area contributed by atoms with Crippen molar-refractivity contribution in [2.45, 2.75) is 39.5 Å². The summed E-state index contributed by atoms with van der Waals surface area (Å²) in [4.78, 5) is 22.1. The van der Waals surface area contributed by atoms with Crippen molar-refractivity contribution in [1.29, 1.82) is 0 Å². The first kappa shape index (κ1) is 15.4. The topological polar surface area (TPSA) is 55.3 Å². The quantitative estimate of drug-likeness (QED) is 0.676. The average molecular weight is 265 g/mol. The summed E-state index contributed by atoms with van der Waals surface area (Å²) in [6.07, 6.45) is 7.62. The number of hydrogen-bond acceptors (Lipinski definition) is 5. The van der Waals surface area contributed by atoms with Crippen molar-refractivity contribution in [3.63, 3.8) is 0 Å². The number of methoxy groups -OCH3 is 1. The third-order valence-electron chi connectivity index (χ3n) is 2.90.